The highest BCUT2D eigenvalue weighted by molar-refractivity contribution is 5.93. The van der Waals surface area contributed by atoms with Gasteiger partial charge in [-0.05, 0) is 146 Å². The number of carbonyl (C=O) groups excluding carboxylic acids is 4. The number of benzene rings is 1. The van der Waals surface area contributed by atoms with Crippen LogP contribution in [0, 0.1) is 11.3 Å². The van der Waals surface area contributed by atoms with Crippen LogP contribution in [-0.2, 0) is 25.4 Å². The molecule has 2 aliphatic carbocycles. The summed E-state index contributed by atoms with van der Waals surface area (Å²) in [5.41, 5.74) is 0.785. The van der Waals surface area contributed by atoms with Crippen molar-refractivity contribution in [2.24, 2.45) is 11.3 Å². The van der Waals surface area contributed by atoms with E-state index in [0.717, 1.165) is 69.4 Å². The van der Waals surface area contributed by atoms with E-state index in [4.69, 9.17) is 0 Å². The molecular formula is C50H70F3N11O4. The molecular weight excluding hydrogens is 876 g/mol. The van der Waals surface area contributed by atoms with Crippen molar-refractivity contribution in [1.29, 1.82) is 0 Å². The van der Waals surface area contributed by atoms with E-state index in [2.05, 4.69) is 66.9 Å². The number of hydrogen-bond acceptors (Lipinski definition) is 11. The van der Waals surface area contributed by atoms with Gasteiger partial charge in [-0.1, -0.05) is 6.07 Å². The topological polar surface area (TPSA) is 168 Å². The number of nitrogens with one attached hydrogen (secondary N) is 4. The van der Waals surface area contributed by atoms with Crippen molar-refractivity contribution in [2.45, 2.75) is 146 Å². The highest BCUT2D eigenvalue weighted by atomic mass is 19.4. The molecule has 68 heavy (non-hydrogen) atoms. The molecule has 3 saturated heterocycles. The predicted octanol–water partition coefficient (Wildman–Crippen LogP) is 5.53. The van der Waals surface area contributed by atoms with Crippen molar-refractivity contribution < 1.29 is 32.3 Å². The van der Waals surface area contributed by atoms with E-state index in [-0.39, 0.29) is 65.4 Å². The number of piperidine rings is 1. The van der Waals surface area contributed by atoms with Crippen LogP contribution in [0.4, 0.5) is 19.0 Å². The first kappa shape index (κ1) is 49.5. The molecule has 1 aromatic carbocycles. The van der Waals surface area contributed by atoms with Gasteiger partial charge in [0, 0.05) is 75.4 Å². The molecule has 8 rings (SSSR count). The molecule has 1 spiro atoms. The maximum atomic E-state index is 14.1. The maximum absolute atomic E-state index is 14.1. The van der Waals surface area contributed by atoms with Gasteiger partial charge in [0.2, 0.25) is 23.6 Å². The fourth-order valence-electron chi connectivity index (χ4n) is 11.7. The van der Waals surface area contributed by atoms with E-state index in [1.54, 1.807) is 24.3 Å². The largest absolute Gasteiger partial charge is 0.416 e. The number of rotatable bonds is 16. The molecule has 0 bridgehead atoms. The van der Waals surface area contributed by atoms with Crippen LogP contribution in [0.3, 0.4) is 0 Å². The Labute approximate surface area is 398 Å². The van der Waals surface area contributed by atoms with Crippen LogP contribution >= 0.6 is 0 Å². The summed E-state index contributed by atoms with van der Waals surface area (Å²) in [5.74, 6) is -0.511. The van der Waals surface area contributed by atoms with Crippen molar-refractivity contribution in [3.8, 4) is 0 Å². The van der Waals surface area contributed by atoms with Crippen LogP contribution in [0.5, 0.6) is 0 Å². The van der Waals surface area contributed by atoms with E-state index in [9.17, 15) is 32.3 Å². The lowest BCUT2D eigenvalue weighted by Gasteiger charge is -2.46. The Morgan fingerprint density at radius 2 is 1.75 bits per heavy atom. The number of alkyl halides is 3. The molecule has 3 aromatic rings. The standard InChI is InChI=1S/C50H70F3N11O4/c1-32(2)61(3)36-9-11-42(64-24-15-40(48(64)68)60-46-37-27-34(50(51,52)53)8-10-39(37)57-31-58-46)41(28-36)59-43(65)14-22-55-35-12-16-49(17-13-35)18-25-63(26-19-49)23-6-21-56-47(67)38-29-44(66)62(4)45(38)33-7-5-20-54-30-33/h5,7-8,10,20,27,30-32,35-36,38,40-42,45,55H,6,9,11-19,21-26,28-29H2,1-4H3,(H,56,67)(H,59,65)(H,57,58,60)/t36-,38?,40+,41-,42+,45?/m1/s1. The van der Waals surface area contributed by atoms with Gasteiger partial charge in [0.1, 0.15) is 18.2 Å². The number of amides is 4. The molecule has 5 fully saturated rings. The van der Waals surface area contributed by atoms with E-state index in [0.29, 0.717) is 61.9 Å². The minimum Gasteiger partial charge on any atom is -0.358 e. The van der Waals surface area contributed by atoms with Crippen molar-refractivity contribution in [1.82, 2.24) is 50.5 Å². The summed E-state index contributed by atoms with van der Waals surface area (Å²) in [5, 5.41) is 13.5. The summed E-state index contributed by atoms with van der Waals surface area (Å²) in [4.78, 5) is 74.4. The van der Waals surface area contributed by atoms with Gasteiger partial charge in [-0.25, -0.2) is 9.97 Å². The molecule has 5 aliphatic rings. The Bertz CT molecular complexity index is 2230. The molecule has 0 radical (unpaired) electrons. The molecule has 2 aromatic heterocycles. The first-order chi connectivity index (χ1) is 32.6. The fourth-order valence-corrected chi connectivity index (χ4v) is 11.7. The molecule has 2 unspecified atom stereocenters. The number of likely N-dealkylation sites (tertiary alicyclic amines) is 3. The Hall–Kier alpha value is -4.94. The Morgan fingerprint density at radius 3 is 2.47 bits per heavy atom. The van der Waals surface area contributed by atoms with Crippen LogP contribution in [0.25, 0.3) is 10.9 Å². The summed E-state index contributed by atoms with van der Waals surface area (Å²) < 4.78 is 40.8. The zero-order valence-electron chi connectivity index (χ0n) is 40.1. The van der Waals surface area contributed by atoms with Crippen LogP contribution in [0.1, 0.15) is 114 Å². The quantitative estimate of drug-likeness (QED) is 0.133. The minimum atomic E-state index is -4.53. The smallest absolute Gasteiger partial charge is 0.358 e. The van der Waals surface area contributed by atoms with Crippen LogP contribution in [-0.4, -0.2) is 148 Å². The van der Waals surface area contributed by atoms with Crippen molar-refractivity contribution in [3.05, 3.63) is 60.2 Å². The van der Waals surface area contributed by atoms with Crippen molar-refractivity contribution in [3.63, 3.8) is 0 Å². The van der Waals surface area contributed by atoms with Crippen LogP contribution in [0.2, 0.25) is 0 Å². The van der Waals surface area contributed by atoms with Gasteiger partial charge < -0.3 is 40.9 Å². The van der Waals surface area contributed by atoms with Gasteiger partial charge in [-0.3, -0.25) is 24.2 Å². The molecule has 3 aliphatic heterocycles. The normalized spacial score (nSPS) is 26.1. The van der Waals surface area contributed by atoms with Gasteiger partial charge in [0.15, 0.2) is 0 Å². The Morgan fingerprint density at radius 1 is 0.971 bits per heavy atom. The molecule has 4 amide bonds. The third-order valence-corrected chi connectivity index (χ3v) is 16.1. The van der Waals surface area contributed by atoms with Crippen LogP contribution in [0.15, 0.2) is 49.1 Å². The third-order valence-electron chi connectivity index (χ3n) is 16.1. The van der Waals surface area contributed by atoms with Crippen molar-refractivity contribution >= 4 is 40.3 Å². The number of halogens is 3. The molecule has 18 heteroatoms. The van der Waals surface area contributed by atoms with Gasteiger partial charge in [-0.2, -0.15) is 13.2 Å². The molecule has 15 nitrogen and oxygen atoms in total. The first-order valence-electron chi connectivity index (χ1n) is 24.9. The highest BCUT2D eigenvalue weighted by Crippen LogP contribution is 2.45. The summed E-state index contributed by atoms with van der Waals surface area (Å²) in [6.07, 6.45) is 11.2. The fraction of sp³-hybridized carbons (Fsp3) is 0.660. The number of aromatic nitrogens is 3. The zero-order valence-corrected chi connectivity index (χ0v) is 40.1. The average molecular weight is 946 g/mol. The first-order valence-corrected chi connectivity index (χ1v) is 24.9. The lowest BCUT2D eigenvalue weighted by molar-refractivity contribution is -0.137. The van der Waals surface area contributed by atoms with E-state index in [1.807, 2.05) is 17.0 Å². The molecule has 2 saturated carbocycles. The number of anilines is 1. The molecule has 5 heterocycles. The summed E-state index contributed by atoms with van der Waals surface area (Å²) >= 11 is 0. The number of pyridine rings is 1. The third kappa shape index (κ3) is 11.4. The van der Waals surface area contributed by atoms with Gasteiger partial charge in [-0.15, -0.1) is 0 Å². The summed E-state index contributed by atoms with van der Waals surface area (Å²) in [7, 11) is 3.87. The van der Waals surface area contributed by atoms with E-state index >= 15 is 0 Å². The van der Waals surface area contributed by atoms with E-state index < -0.39 is 23.7 Å². The average Bonchev–Trinajstić information content (AvgIpc) is 3.84. The zero-order chi connectivity index (χ0) is 48.2. The van der Waals surface area contributed by atoms with Crippen molar-refractivity contribution in [2.75, 3.05) is 58.7 Å². The Balaban J connectivity index is 0.764. The van der Waals surface area contributed by atoms with Gasteiger partial charge in [0.05, 0.1) is 35.1 Å². The summed E-state index contributed by atoms with van der Waals surface area (Å²) in [6, 6.07) is 6.62. The predicted molar refractivity (Wildman–Crippen MR) is 253 cm³/mol. The van der Waals surface area contributed by atoms with E-state index in [1.165, 1.54) is 38.1 Å². The number of fused-ring (bicyclic) bond motifs is 1. The lowest BCUT2D eigenvalue weighted by Crippen LogP contribution is -2.59. The lowest BCUT2D eigenvalue weighted by atomic mass is 9.67. The Kier molecular flexibility index (Phi) is 15.5. The second kappa shape index (κ2) is 21.4. The summed E-state index contributed by atoms with van der Waals surface area (Å²) in [6.45, 7) is 8.98. The van der Waals surface area contributed by atoms with Gasteiger partial charge >= 0.3 is 6.18 Å². The molecule has 6 atom stereocenters. The molecule has 4 N–H and O–H groups in total. The molecule has 370 valence electrons. The number of hydrogen-bond donors (Lipinski definition) is 4. The van der Waals surface area contributed by atoms with Crippen LogP contribution < -0.4 is 21.3 Å². The monoisotopic (exact) mass is 946 g/mol. The highest BCUT2D eigenvalue weighted by Gasteiger charge is 2.45. The van der Waals surface area contributed by atoms with Gasteiger partial charge in [0.25, 0.3) is 0 Å². The second-order valence-electron chi connectivity index (χ2n) is 20.4. The minimum absolute atomic E-state index is 0.0253. The maximum Gasteiger partial charge on any atom is 0.416 e. The second-order valence-corrected chi connectivity index (χ2v) is 20.4. The number of nitrogens with zero attached hydrogens (tertiary/aromatic N) is 7. The number of carbonyl (C=O) groups is 4. The SMILES string of the molecule is CC(C)N(C)[C@@H]1CC[C@H](N2CC[C@H](Nc3ncnc4ccc(C(F)(F)F)cc34)C2=O)[C@H](NC(=O)CCNC2CCC3(CC2)CCN(CCCNC(=O)C2CC(=O)N(C)C2c2cccnc2)CC3)C1.